The van der Waals surface area contributed by atoms with E-state index in [1.165, 1.54) is 6.08 Å². The second-order valence-corrected chi connectivity index (χ2v) is 13.0. The number of ether oxygens (including phenoxy) is 1. The zero-order valence-electron chi connectivity index (χ0n) is 22.0. The highest BCUT2D eigenvalue weighted by atomic mass is 19.1. The molecule has 2 saturated heterocycles. The summed E-state index contributed by atoms with van der Waals surface area (Å²) in [6, 6.07) is 0. The van der Waals surface area contributed by atoms with Crippen molar-refractivity contribution < 1.29 is 28.6 Å². The number of hydrogen-bond donors (Lipinski definition) is 2. The molecular weight excluding hydrogens is 463 g/mol. The molecule has 0 spiro atoms. The zero-order chi connectivity index (χ0) is 26.0. The van der Waals surface area contributed by atoms with Crippen LogP contribution in [0.1, 0.15) is 66.2 Å². The fraction of sp³-hybridized carbons (Fsp3) is 0.821. The zero-order valence-corrected chi connectivity index (χ0v) is 22.0. The molecule has 2 heterocycles. The number of fused-ring (bicyclic) bond motifs is 2. The lowest BCUT2D eigenvalue weighted by atomic mass is 9.44. The third-order valence-electron chi connectivity index (χ3n) is 11.4. The van der Waals surface area contributed by atoms with Crippen molar-refractivity contribution in [2.45, 2.75) is 78.4 Å². The summed E-state index contributed by atoms with van der Waals surface area (Å²) in [6.07, 6.45) is 3.26. The number of halogens is 1. The number of aliphatic hydroxyl groups is 1. The van der Waals surface area contributed by atoms with Gasteiger partial charge in [0, 0.05) is 36.3 Å². The molecule has 0 aromatic heterocycles. The van der Waals surface area contributed by atoms with E-state index in [0.29, 0.717) is 25.7 Å². The molecule has 4 bridgehead atoms. The molecule has 3 unspecified atom stereocenters. The van der Waals surface area contributed by atoms with E-state index in [9.17, 15) is 23.9 Å². The number of alkyl carbamates (subject to hydrolysis) is 1. The highest BCUT2D eigenvalue weighted by Crippen LogP contribution is 2.68. The maximum absolute atomic E-state index is 13.6. The largest absolute Gasteiger partial charge is 0.445 e. The normalized spacial score (nSPS) is 50.0. The topological polar surface area (TPSA) is 95.9 Å². The first-order chi connectivity index (χ1) is 17.0. The highest BCUT2D eigenvalue weighted by Gasteiger charge is 2.68. The Bertz CT molecular complexity index is 972. The van der Waals surface area contributed by atoms with Crippen LogP contribution in [-0.2, 0) is 14.3 Å². The average molecular weight is 505 g/mol. The third kappa shape index (κ3) is 3.69. The molecule has 0 aromatic carbocycles. The van der Waals surface area contributed by atoms with Crippen molar-refractivity contribution in [2.75, 3.05) is 19.6 Å². The molecule has 5 fully saturated rings. The molecule has 2 amide bonds. The molecule has 5 rings (SSSR count). The van der Waals surface area contributed by atoms with E-state index in [-0.39, 0.29) is 47.7 Å². The third-order valence-corrected chi connectivity index (χ3v) is 11.4. The molecule has 7 nitrogen and oxygen atoms in total. The summed E-state index contributed by atoms with van der Waals surface area (Å²) in [4.78, 5) is 41.8. The van der Waals surface area contributed by atoms with Gasteiger partial charge in [0.05, 0.1) is 18.4 Å². The number of rotatable bonds is 3. The molecule has 3 aliphatic carbocycles. The van der Waals surface area contributed by atoms with Crippen molar-refractivity contribution in [3.63, 3.8) is 0 Å². The Morgan fingerprint density at radius 2 is 1.94 bits per heavy atom. The Hall–Kier alpha value is -1.80. The second kappa shape index (κ2) is 8.90. The number of aliphatic hydroxyl groups excluding tert-OH is 1. The molecule has 3 saturated carbocycles. The Morgan fingerprint density at radius 3 is 2.58 bits per heavy atom. The van der Waals surface area contributed by atoms with Crippen molar-refractivity contribution in [2.24, 2.45) is 45.8 Å². The molecule has 0 aromatic rings. The molecule has 5 aliphatic rings. The smallest absolute Gasteiger partial charge is 0.414 e. The van der Waals surface area contributed by atoms with Crippen molar-refractivity contribution in [3.8, 4) is 0 Å². The van der Waals surface area contributed by atoms with Gasteiger partial charge in [0.2, 0.25) is 5.91 Å². The molecule has 200 valence electrons. The number of nitrogens with zero attached hydrogens (tertiary/aromatic N) is 1. The number of carbonyl (C=O) groups excluding carboxylic acids is 3. The number of hydrogen-bond acceptors (Lipinski definition) is 6. The number of amides is 2. The quantitative estimate of drug-likeness (QED) is 0.606. The van der Waals surface area contributed by atoms with Gasteiger partial charge < -0.3 is 14.7 Å². The monoisotopic (exact) mass is 504 g/mol. The van der Waals surface area contributed by atoms with E-state index in [4.69, 9.17) is 4.74 Å². The molecule has 0 radical (unpaired) electrons. The molecular formula is C28H41FN2O5. The minimum atomic E-state index is -0.997. The van der Waals surface area contributed by atoms with Crippen molar-refractivity contribution in [1.82, 2.24) is 10.2 Å². The van der Waals surface area contributed by atoms with Gasteiger partial charge in [-0.05, 0) is 67.9 Å². The summed E-state index contributed by atoms with van der Waals surface area (Å²) in [7, 11) is 0. The van der Waals surface area contributed by atoms with E-state index >= 15 is 0 Å². The van der Waals surface area contributed by atoms with Gasteiger partial charge in [-0.1, -0.05) is 27.7 Å². The van der Waals surface area contributed by atoms with Gasteiger partial charge in [-0.3, -0.25) is 14.9 Å². The summed E-state index contributed by atoms with van der Waals surface area (Å²) in [6.45, 7) is 10.5. The van der Waals surface area contributed by atoms with Crippen molar-refractivity contribution in [3.05, 3.63) is 12.4 Å². The number of carbonyl (C=O) groups is 3. The summed E-state index contributed by atoms with van der Waals surface area (Å²) >= 11 is 0. The lowest BCUT2D eigenvalue weighted by molar-refractivity contribution is -0.191. The van der Waals surface area contributed by atoms with E-state index in [0.717, 1.165) is 32.4 Å². The van der Waals surface area contributed by atoms with Gasteiger partial charge >= 0.3 is 6.09 Å². The maximum atomic E-state index is 13.6. The van der Waals surface area contributed by atoms with E-state index in [2.05, 4.69) is 17.1 Å². The summed E-state index contributed by atoms with van der Waals surface area (Å²) in [5, 5.41) is 14.1. The second-order valence-electron chi connectivity index (χ2n) is 13.0. The van der Waals surface area contributed by atoms with Crippen LogP contribution in [0, 0.1) is 45.8 Å². The van der Waals surface area contributed by atoms with Gasteiger partial charge in [0.1, 0.15) is 11.9 Å². The van der Waals surface area contributed by atoms with Gasteiger partial charge in [-0.25, -0.2) is 9.18 Å². The first-order valence-electron chi connectivity index (χ1n) is 13.7. The minimum Gasteiger partial charge on any atom is -0.445 e. The fourth-order valence-electron chi connectivity index (χ4n) is 9.04. The van der Waals surface area contributed by atoms with Crippen LogP contribution in [0.5, 0.6) is 0 Å². The first-order valence-corrected chi connectivity index (χ1v) is 13.7. The number of nitrogens with one attached hydrogen (secondary N) is 1. The summed E-state index contributed by atoms with van der Waals surface area (Å²) in [5.74, 6) is -0.610. The van der Waals surface area contributed by atoms with Crippen molar-refractivity contribution in [1.29, 1.82) is 0 Å². The average Bonchev–Trinajstić information content (AvgIpc) is 3.55. The predicted octanol–water partition coefficient (Wildman–Crippen LogP) is 3.85. The van der Waals surface area contributed by atoms with Gasteiger partial charge in [-0.15, -0.1) is 0 Å². The molecule has 11 atom stereocenters. The van der Waals surface area contributed by atoms with Gasteiger partial charge in [0.25, 0.3) is 0 Å². The number of imide groups is 1. The maximum Gasteiger partial charge on any atom is 0.414 e. The lowest BCUT2D eigenvalue weighted by Crippen LogP contribution is -2.63. The van der Waals surface area contributed by atoms with Crippen LogP contribution >= 0.6 is 0 Å². The molecule has 36 heavy (non-hydrogen) atoms. The fourth-order valence-corrected chi connectivity index (χ4v) is 9.04. The van der Waals surface area contributed by atoms with E-state index < -0.39 is 34.5 Å². The van der Waals surface area contributed by atoms with Crippen LogP contribution in [0.3, 0.4) is 0 Å². The van der Waals surface area contributed by atoms with Crippen LogP contribution in [0.15, 0.2) is 12.4 Å². The summed E-state index contributed by atoms with van der Waals surface area (Å²) < 4.78 is 19.7. The summed E-state index contributed by atoms with van der Waals surface area (Å²) in [5.41, 5.74) is -2.11. The van der Waals surface area contributed by atoms with Crippen LogP contribution in [0.25, 0.3) is 0 Å². The molecule has 8 heteroatoms. The lowest BCUT2D eigenvalue weighted by Gasteiger charge is -2.61. The van der Waals surface area contributed by atoms with Crippen LogP contribution in [-0.4, -0.2) is 59.6 Å². The van der Waals surface area contributed by atoms with Crippen LogP contribution < -0.4 is 5.32 Å². The van der Waals surface area contributed by atoms with Crippen LogP contribution in [0.2, 0.25) is 0 Å². The van der Waals surface area contributed by atoms with Gasteiger partial charge in [-0.2, -0.15) is 0 Å². The van der Waals surface area contributed by atoms with E-state index in [1.54, 1.807) is 6.92 Å². The SMILES string of the molecule is C[C@@H]1CCC23CCC(=O)C2[C@]1(C)[C@H](OC(=O)NC(=O)[C@H]1CN2CC[C@H]1C2)C[C@@](C)(/C=C/F)[C@@H](O)[C@@H]3C. The van der Waals surface area contributed by atoms with Crippen LogP contribution in [0.4, 0.5) is 9.18 Å². The van der Waals surface area contributed by atoms with Gasteiger partial charge in [0.15, 0.2) is 0 Å². The predicted molar refractivity (Wildman–Crippen MR) is 131 cm³/mol. The molecule has 2 N–H and O–H groups in total. The number of ketones is 1. The van der Waals surface area contributed by atoms with E-state index in [1.807, 2.05) is 13.8 Å². The highest BCUT2D eigenvalue weighted by molar-refractivity contribution is 5.93. The Morgan fingerprint density at radius 1 is 1.19 bits per heavy atom. The Kier molecular flexibility index (Phi) is 6.38. The molecule has 2 aliphatic heterocycles. The standard InChI is InChI=1S/C28H41FN2O5/c1-16-5-8-28-9-6-20(32)22(28)27(16,4)21(13-26(3,10-11-29)23(33)17(28)2)36-25(35)30-24(34)19-15-31-12-7-18(19)14-31/h10-11,16-19,21-23,33H,5-9,12-15H2,1-4H3,(H,30,34,35)/b11-10+/t16-,17+,18+,19+,21-,22?,23+,26-,27+,28?/m1/s1. The number of Topliss-reactive ketones (excluding diaryl/α,β-unsaturated/α-hetero) is 1. The minimum absolute atomic E-state index is 0.0746. The Balaban J connectivity index is 1.47. The number of piperidine rings is 1. The Labute approximate surface area is 213 Å². The first kappa shape index (κ1) is 25.8. The van der Waals surface area contributed by atoms with Crippen molar-refractivity contribution >= 4 is 17.8 Å².